The van der Waals surface area contributed by atoms with Gasteiger partial charge in [0, 0.05) is 36.7 Å². The summed E-state index contributed by atoms with van der Waals surface area (Å²) in [6.07, 6.45) is 4.21. The summed E-state index contributed by atoms with van der Waals surface area (Å²) in [6, 6.07) is 4.05. The molecule has 0 aliphatic carbocycles. The summed E-state index contributed by atoms with van der Waals surface area (Å²) in [4.78, 5) is 4.71. The minimum Gasteiger partial charge on any atom is -0.396 e. The van der Waals surface area contributed by atoms with Gasteiger partial charge < -0.3 is 5.11 Å². The molecule has 2 atom stereocenters. The van der Waals surface area contributed by atoms with Crippen LogP contribution < -0.4 is 0 Å². The van der Waals surface area contributed by atoms with Gasteiger partial charge in [-0.05, 0) is 57.0 Å². The van der Waals surface area contributed by atoms with Crippen molar-refractivity contribution in [3.8, 4) is 0 Å². The van der Waals surface area contributed by atoms with Crippen LogP contribution in [0.15, 0.2) is 18.2 Å². The lowest BCUT2D eigenvalue weighted by Crippen LogP contribution is -2.62. The number of hydrogen-bond donors (Lipinski definition) is 1. The minimum absolute atomic E-state index is 0.129. The fourth-order valence-corrected chi connectivity index (χ4v) is 4.68. The fraction of sp³-hybridized carbons (Fsp3) is 0.684. The van der Waals surface area contributed by atoms with Crippen molar-refractivity contribution in [2.45, 2.75) is 45.2 Å². The first-order chi connectivity index (χ1) is 11.6. The number of likely N-dealkylation sites (tertiary alicyclic amines) is 2. The van der Waals surface area contributed by atoms with Crippen LogP contribution in [-0.4, -0.2) is 53.7 Å². The van der Waals surface area contributed by atoms with Crippen LogP contribution in [0, 0.1) is 17.0 Å². The van der Waals surface area contributed by atoms with Gasteiger partial charge in [0.15, 0.2) is 0 Å². The molecule has 24 heavy (non-hydrogen) atoms. The van der Waals surface area contributed by atoms with Crippen LogP contribution in [0.25, 0.3) is 0 Å². The fourth-order valence-electron chi connectivity index (χ4n) is 4.68. The summed E-state index contributed by atoms with van der Waals surface area (Å²) < 4.78 is 27.4. The monoisotopic (exact) mass is 338 g/mol. The van der Waals surface area contributed by atoms with Crippen molar-refractivity contribution in [2.24, 2.45) is 5.41 Å². The number of fused-ring (bicyclic) bond motifs is 1. The Labute approximate surface area is 143 Å². The number of nitrogens with zero attached hydrogens (tertiary/aromatic N) is 2. The van der Waals surface area contributed by atoms with Crippen LogP contribution in [0.2, 0.25) is 0 Å². The number of benzene rings is 1. The largest absolute Gasteiger partial charge is 0.396 e. The van der Waals surface area contributed by atoms with Crippen molar-refractivity contribution in [1.82, 2.24) is 9.80 Å². The molecule has 5 heteroatoms. The van der Waals surface area contributed by atoms with Crippen molar-refractivity contribution in [3.63, 3.8) is 0 Å². The van der Waals surface area contributed by atoms with Gasteiger partial charge in [-0.25, -0.2) is 8.78 Å². The van der Waals surface area contributed by atoms with Crippen molar-refractivity contribution < 1.29 is 13.9 Å². The standard InChI is InChI=1S/C19H28F2N2O/c1-2-8-23-9-3-7-19(14-24)13-22(10-6-18(19)23)12-15-11-16(20)4-5-17(15)21/h4-5,11,18,24H,2-3,6-10,12-14H2,1H3/t18-,19-/m1/s1. The Morgan fingerprint density at radius 2 is 2.12 bits per heavy atom. The van der Waals surface area contributed by atoms with Crippen LogP contribution in [0.3, 0.4) is 0 Å². The molecule has 2 aliphatic rings. The van der Waals surface area contributed by atoms with Crippen LogP contribution in [0.5, 0.6) is 0 Å². The lowest BCUT2D eigenvalue weighted by atomic mass is 9.69. The van der Waals surface area contributed by atoms with E-state index in [1.165, 1.54) is 12.1 Å². The molecule has 2 fully saturated rings. The van der Waals surface area contributed by atoms with Gasteiger partial charge in [-0.1, -0.05) is 6.92 Å². The van der Waals surface area contributed by atoms with Gasteiger partial charge in [0.25, 0.3) is 0 Å². The summed E-state index contributed by atoms with van der Waals surface area (Å²) in [7, 11) is 0. The molecular weight excluding hydrogens is 310 g/mol. The molecule has 1 aromatic carbocycles. The highest BCUT2D eigenvalue weighted by Crippen LogP contribution is 2.41. The molecule has 1 aromatic rings. The quantitative estimate of drug-likeness (QED) is 0.894. The summed E-state index contributed by atoms with van der Waals surface area (Å²) >= 11 is 0. The first-order valence-corrected chi connectivity index (χ1v) is 9.09. The van der Waals surface area contributed by atoms with E-state index >= 15 is 0 Å². The summed E-state index contributed by atoms with van der Waals surface area (Å²) in [5, 5.41) is 10.2. The predicted molar refractivity (Wildman–Crippen MR) is 90.7 cm³/mol. The maximum Gasteiger partial charge on any atom is 0.127 e. The number of piperidine rings is 2. The normalized spacial score (nSPS) is 28.8. The Bertz CT molecular complexity index is 566. The van der Waals surface area contributed by atoms with E-state index in [0.29, 0.717) is 18.2 Å². The molecule has 134 valence electrons. The van der Waals surface area contributed by atoms with Crippen molar-refractivity contribution >= 4 is 0 Å². The van der Waals surface area contributed by atoms with Gasteiger partial charge in [-0.2, -0.15) is 0 Å². The van der Waals surface area contributed by atoms with Crippen molar-refractivity contribution in [2.75, 3.05) is 32.8 Å². The second-order valence-electron chi connectivity index (χ2n) is 7.41. The molecule has 2 saturated heterocycles. The second kappa shape index (κ2) is 7.46. The Morgan fingerprint density at radius 3 is 2.88 bits per heavy atom. The van der Waals surface area contributed by atoms with E-state index < -0.39 is 5.82 Å². The molecular formula is C19H28F2N2O. The van der Waals surface area contributed by atoms with Gasteiger partial charge >= 0.3 is 0 Å². The molecule has 0 spiro atoms. The summed E-state index contributed by atoms with van der Waals surface area (Å²) in [6.45, 7) is 6.57. The van der Waals surface area contributed by atoms with Gasteiger partial charge in [-0.3, -0.25) is 9.80 Å². The first kappa shape index (κ1) is 17.8. The smallest absolute Gasteiger partial charge is 0.127 e. The average molecular weight is 338 g/mol. The van der Waals surface area contributed by atoms with Crippen LogP contribution in [0.4, 0.5) is 8.78 Å². The Hall–Kier alpha value is -1.04. The van der Waals surface area contributed by atoms with E-state index in [9.17, 15) is 13.9 Å². The highest BCUT2D eigenvalue weighted by Gasteiger charge is 2.47. The molecule has 0 amide bonds. The third kappa shape index (κ3) is 3.48. The van der Waals surface area contributed by atoms with E-state index in [-0.39, 0.29) is 17.8 Å². The lowest BCUT2D eigenvalue weighted by Gasteiger charge is -2.54. The molecule has 0 unspecified atom stereocenters. The van der Waals surface area contributed by atoms with Crippen LogP contribution in [-0.2, 0) is 6.54 Å². The van der Waals surface area contributed by atoms with E-state index in [1.54, 1.807) is 0 Å². The lowest BCUT2D eigenvalue weighted by molar-refractivity contribution is -0.0803. The molecule has 3 rings (SSSR count). The number of aliphatic hydroxyl groups excluding tert-OH is 1. The van der Waals surface area contributed by atoms with Gasteiger partial charge in [-0.15, -0.1) is 0 Å². The summed E-state index contributed by atoms with van der Waals surface area (Å²) in [5.41, 5.74) is 0.276. The van der Waals surface area contributed by atoms with E-state index in [2.05, 4.69) is 16.7 Å². The molecule has 3 nitrogen and oxygen atoms in total. The molecule has 0 saturated carbocycles. The minimum atomic E-state index is -0.398. The third-order valence-corrected chi connectivity index (χ3v) is 5.75. The molecule has 1 N–H and O–H groups in total. The van der Waals surface area contributed by atoms with E-state index in [4.69, 9.17) is 0 Å². The third-order valence-electron chi connectivity index (χ3n) is 5.75. The van der Waals surface area contributed by atoms with Crippen molar-refractivity contribution in [1.29, 1.82) is 0 Å². The zero-order chi connectivity index (χ0) is 17.2. The number of aliphatic hydroxyl groups is 1. The Kier molecular flexibility index (Phi) is 5.52. The topological polar surface area (TPSA) is 26.7 Å². The SMILES string of the molecule is CCCN1CCC[C@]2(CO)CN(Cc3cc(F)ccc3F)CC[C@@H]12. The second-order valence-corrected chi connectivity index (χ2v) is 7.41. The van der Waals surface area contributed by atoms with E-state index in [1.807, 2.05) is 0 Å². The highest BCUT2D eigenvalue weighted by atomic mass is 19.1. The molecule has 0 aromatic heterocycles. The zero-order valence-corrected chi connectivity index (χ0v) is 14.5. The zero-order valence-electron chi connectivity index (χ0n) is 14.5. The van der Waals surface area contributed by atoms with Crippen LogP contribution >= 0.6 is 0 Å². The van der Waals surface area contributed by atoms with Crippen molar-refractivity contribution in [3.05, 3.63) is 35.4 Å². The number of hydrogen-bond acceptors (Lipinski definition) is 3. The summed E-state index contributed by atoms with van der Waals surface area (Å²) in [5.74, 6) is -0.752. The maximum absolute atomic E-state index is 13.9. The predicted octanol–water partition coefficient (Wildman–Crippen LogP) is 3.02. The highest BCUT2D eigenvalue weighted by molar-refractivity contribution is 5.19. The van der Waals surface area contributed by atoms with Gasteiger partial charge in [0.2, 0.25) is 0 Å². The first-order valence-electron chi connectivity index (χ1n) is 9.09. The van der Waals surface area contributed by atoms with Gasteiger partial charge in [0.05, 0.1) is 6.61 Å². The average Bonchev–Trinajstić information content (AvgIpc) is 2.58. The molecule has 0 radical (unpaired) electrons. The maximum atomic E-state index is 13.9. The molecule has 2 aliphatic heterocycles. The Morgan fingerprint density at radius 1 is 1.29 bits per heavy atom. The van der Waals surface area contributed by atoms with Crippen LogP contribution in [0.1, 0.15) is 38.2 Å². The number of rotatable bonds is 5. The number of halogens is 2. The molecule has 0 bridgehead atoms. The van der Waals surface area contributed by atoms with Gasteiger partial charge in [0.1, 0.15) is 11.6 Å². The van der Waals surface area contributed by atoms with E-state index in [0.717, 1.165) is 57.9 Å². The molecule has 2 heterocycles. The Balaban J connectivity index is 1.74.